The van der Waals surface area contributed by atoms with E-state index in [0.29, 0.717) is 12.4 Å². The van der Waals surface area contributed by atoms with Crippen LogP contribution in [0.15, 0.2) is 46.9 Å². The highest BCUT2D eigenvalue weighted by Crippen LogP contribution is 2.37. The van der Waals surface area contributed by atoms with E-state index in [4.69, 9.17) is 30.8 Å². The molecule has 10 heteroatoms. The molecule has 0 saturated carbocycles. The monoisotopic (exact) mass is 500 g/mol. The SMILES string of the molecule is CCn1c(COc2ccc(Cl)c(C)c2)nnc1SCc1csc(-c2ccc3c(c2)OCO3)n1. The van der Waals surface area contributed by atoms with Gasteiger partial charge in [-0.25, -0.2) is 4.98 Å². The number of thiazole rings is 1. The van der Waals surface area contributed by atoms with Crippen LogP contribution < -0.4 is 14.2 Å². The maximum Gasteiger partial charge on any atom is 0.231 e. The van der Waals surface area contributed by atoms with E-state index in [1.165, 1.54) is 0 Å². The highest BCUT2D eigenvalue weighted by atomic mass is 35.5. The summed E-state index contributed by atoms with van der Waals surface area (Å²) in [5.74, 6) is 3.78. The summed E-state index contributed by atoms with van der Waals surface area (Å²) >= 11 is 9.32. The number of aromatic nitrogens is 4. The first kappa shape index (κ1) is 22.1. The van der Waals surface area contributed by atoms with Crippen molar-refractivity contribution >= 4 is 34.7 Å². The molecule has 0 unspecified atom stereocenters. The standard InChI is InChI=1S/C23H21ClN4O3S2/c1-3-28-21(10-29-17-5-6-18(24)14(2)8-17)26-27-23(28)33-12-16-11-32-22(25-16)15-4-7-19-20(9-15)31-13-30-19/h4-9,11H,3,10,12-13H2,1-2H3. The van der Waals surface area contributed by atoms with Crippen LogP contribution in [-0.4, -0.2) is 26.5 Å². The molecule has 0 N–H and O–H groups in total. The van der Waals surface area contributed by atoms with Gasteiger partial charge in [0.05, 0.1) is 5.69 Å². The molecular weight excluding hydrogens is 480 g/mol. The molecule has 0 atom stereocenters. The van der Waals surface area contributed by atoms with Gasteiger partial charge in [-0.2, -0.15) is 0 Å². The summed E-state index contributed by atoms with van der Waals surface area (Å²) in [6.45, 7) is 5.39. The molecular formula is C23H21ClN4O3S2. The predicted octanol–water partition coefficient (Wildman–Crippen LogP) is 5.98. The molecule has 0 spiro atoms. The van der Waals surface area contributed by atoms with Crippen LogP contribution in [0.5, 0.6) is 17.2 Å². The van der Waals surface area contributed by atoms with Crippen molar-refractivity contribution < 1.29 is 14.2 Å². The second-order valence-electron chi connectivity index (χ2n) is 7.34. The van der Waals surface area contributed by atoms with Crippen molar-refractivity contribution in [2.75, 3.05) is 6.79 Å². The Morgan fingerprint density at radius 3 is 2.88 bits per heavy atom. The lowest BCUT2D eigenvalue weighted by atomic mass is 10.2. The van der Waals surface area contributed by atoms with Crippen LogP contribution in [-0.2, 0) is 18.9 Å². The van der Waals surface area contributed by atoms with Gasteiger partial charge in [-0.05, 0) is 55.8 Å². The highest BCUT2D eigenvalue weighted by Gasteiger charge is 2.16. The topological polar surface area (TPSA) is 71.3 Å². The van der Waals surface area contributed by atoms with Crippen LogP contribution >= 0.6 is 34.7 Å². The second kappa shape index (κ2) is 9.62. The fourth-order valence-corrected chi connectivity index (χ4v) is 5.33. The van der Waals surface area contributed by atoms with Crippen LogP contribution in [0.3, 0.4) is 0 Å². The molecule has 2 aromatic heterocycles. The summed E-state index contributed by atoms with van der Waals surface area (Å²) < 4.78 is 18.8. The average molecular weight is 501 g/mol. The Hall–Kier alpha value is -2.75. The molecule has 170 valence electrons. The number of benzene rings is 2. The molecule has 0 radical (unpaired) electrons. The van der Waals surface area contributed by atoms with Crippen molar-refractivity contribution in [3.63, 3.8) is 0 Å². The third kappa shape index (κ3) is 4.80. The Morgan fingerprint density at radius 1 is 1.15 bits per heavy atom. The van der Waals surface area contributed by atoms with Crippen molar-refractivity contribution in [2.24, 2.45) is 0 Å². The summed E-state index contributed by atoms with van der Waals surface area (Å²) in [5, 5.41) is 13.3. The molecule has 0 aliphatic carbocycles. The minimum absolute atomic E-state index is 0.267. The van der Waals surface area contributed by atoms with Crippen LogP contribution in [0, 0.1) is 6.92 Å². The van der Waals surface area contributed by atoms with E-state index < -0.39 is 0 Å². The Bertz CT molecular complexity index is 1290. The summed E-state index contributed by atoms with van der Waals surface area (Å²) in [5.41, 5.74) is 3.00. The third-order valence-corrected chi connectivity index (χ3v) is 7.49. The van der Waals surface area contributed by atoms with Crippen molar-refractivity contribution in [3.8, 4) is 27.8 Å². The van der Waals surface area contributed by atoms with Gasteiger partial charge in [-0.3, -0.25) is 0 Å². The number of thioether (sulfide) groups is 1. The number of aryl methyl sites for hydroxylation is 1. The van der Waals surface area contributed by atoms with E-state index in [0.717, 1.165) is 61.6 Å². The zero-order valence-corrected chi connectivity index (χ0v) is 20.5. The van der Waals surface area contributed by atoms with E-state index >= 15 is 0 Å². The Labute approximate surface area is 204 Å². The average Bonchev–Trinajstić information content (AvgIpc) is 3.57. The largest absolute Gasteiger partial charge is 0.486 e. The van der Waals surface area contributed by atoms with Gasteiger partial charge in [0.2, 0.25) is 6.79 Å². The molecule has 4 aromatic rings. The first-order valence-corrected chi connectivity index (χ1v) is 12.6. The zero-order chi connectivity index (χ0) is 22.8. The number of rotatable bonds is 8. The number of ether oxygens (including phenoxy) is 3. The van der Waals surface area contributed by atoms with E-state index in [-0.39, 0.29) is 6.79 Å². The molecule has 2 aromatic carbocycles. The fourth-order valence-electron chi connectivity index (χ4n) is 3.38. The molecule has 33 heavy (non-hydrogen) atoms. The van der Waals surface area contributed by atoms with E-state index in [2.05, 4.69) is 27.1 Å². The molecule has 1 aliphatic rings. The molecule has 3 heterocycles. The highest BCUT2D eigenvalue weighted by molar-refractivity contribution is 7.98. The summed E-state index contributed by atoms with van der Waals surface area (Å²) in [4.78, 5) is 4.78. The Morgan fingerprint density at radius 2 is 2.03 bits per heavy atom. The quantitative estimate of drug-likeness (QED) is 0.275. The van der Waals surface area contributed by atoms with Gasteiger partial charge in [0.25, 0.3) is 0 Å². The minimum atomic E-state index is 0.267. The van der Waals surface area contributed by atoms with Gasteiger partial charge < -0.3 is 18.8 Å². The number of halogens is 1. The normalized spacial score (nSPS) is 12.3. The van der Waals surface area contributed by atoms with Crippen molar-refractivity contribution in [2.45, 2.75) is 37.9 Å². The van der Waals surface area contributed by atoms with Gasteiger partial charge in [-0.15, -0.1) is 21.5 Å². The van der Waals surface area contributed by atoms with Crippen molar-refractivity contribution in [1.29, 1.82) is 0 Å². The number of hydrogen-bond acceptors (Lipinski definition) is 8. The van der Waals surface area contributed by atoms with E-state index in [1.807, 2.05) is 43.3 Å². The van der Waals surface area contributed by atoms with Crippen LogP contribution in [0.4, 0.5) is 0 Å². The number of nitrogens with zero attached hydrogens (tertiary/aromatic N) is 4. The maximum absolute atomic E-state index is 6.09. The summed E-state index contributed by atoms with van der Waals surface area (Å²) in [6.07, 6.45) is 0. The molecule has 0 saturated heterocycles. The Kier molecular flexibility index (Phi) is 6.43. The lowest BCUT2D eigenvalue weighted by molar-refractivity contribution is 0.174. The lowest BCUT2D eigenvalue weighted by Gasteiger charge is -2.09. The molecule has 0 fully saturated rings. The summed E-state index contributed by atoms with van der Waals surface area (Å²) in [6, 6.07) is 11.5. The Balaban J connectivity index is 1.23. The molecule has 5 rings (SSSR count). The van der Waals surface area contributed by atoms with Gasteiger partial charge >= 0.3 is 0 Å². The summed E-state index contributed by atoms with van der Waals surface area (Å²) in [7, 11) is 0. The molecule has 1 aliphatic heterocycles. The van der Waals surface area contributed by atoms with Gasteiger partial charge in [-0.1, -0.05) is 23.4 Å². The molecule has 0 bridgehead atoms. The van der Waals surface area contributed by atoms with Gasteiger partial charge in [0, 0.05) is 28.3 Å². The lowest BCUT2D eigenvalue weighted by Crippen LogP contribution is -2.07. The maximum atomic E-state index is 6.09. The first-order valence-electron chi connectivity index (χ1n) is 10.4. The van der Waals surface area contributed by atoms with Crippen LogP contribution in [0.2, 0.25) is 5.02 Å². The van der Waals surface area contributed by atoms with Crippen molar-refractivity contribution in [1.82, 2.24) is 19.7 Å². The van der Waals surface area contributed by atoms with Gasteiger partial charge in [0.1, 0.15) is 17.4 Å². The number of fused-ring (bicyclic) bond motifs is 1. The van der Waals surface area contributed by atoms with Crippen LogP contribution in [0.1, 0.15) is 24.0 Å². The molecule has 7 nitrogen and oxygen atoms in total. The minimum Gasteiger partial charge on any atom is -0.486 e. The fraction of sp³-hybridized carbons (Fsp3) is 0.261. The van der Waals surface area contributed by atoms with E-state index in [1.54, 1.807) is 23.1 Å². The smallest absolute Gasteiger partial charge is 0.231 e. The van der Waals surface area contributed by atoms with Crippen molar-refractivity contribution in [3.05, 3.63) is 63.9 Å². The second-order valence-corrected chi connectivity index (χ2v) is 9.55. The van der Waals surface area contributed by atoms with Gasteiger partial charge in [0.15, 0.2) is 22.5 Å². The van der Waals surface area contributed by atoms with Crippen LogP contribution in [0.25, 0.3) is 10.6 Å². The third-order valence-electron chi connectivity index (χ3n) is 5.13. The molecule has 0 amide bonds. The van der Waals surface area contributed by atoms with E-state index in [9.17, 15) is 0 Å². The predicted molar refractivity (Wildman–Crippen MR) is 129 cm³/mol. The first-order chi connectivity index (χ1) is 16.1. The zero-order valence-electron chi connectivity index (χ0n) is 18.1. The number of hydrogen-bond donors (Lipinski definition) is 0.